The molecule has 23 heavy (non-hydrogen) atoms. The molecule has 1 atom stereocenters. The molecule has 2 rings (SSSR count). The molecule has 1 aromatic carbocycles. The van der Waals surface area contributed by atoms with Gasteiger partial charge >= 0.3 is 0 Å². The lowest BCUT2D eigenvalue weighted by molar-refractivity contribution is -0.0336. The third-order valence-electron chi connectivity index (χ3n) is 5.59. The van der Waals surface area contributed by atoms with E-state index in [1.54, 1.807) is 0 Å². The van der Waals surface area contributed by atoms with E-state index < -0.39 is 6.29 Å². The number of ether oxygens (including phenoxy) is 1. The van der Waals surface area contributed by atoms with Gasteiger partial charge in [-0.2, -0.15) is 0 Å². The Labute approximate surface area is 141 Å². The molecule has 1 aliphatic carbocycles. The van der Waals surface area contributed by atoms with E-state index in [0.29, 0.717) is 12.3 Å². The molecule has 0 aliphatic heterocycles. The van der Waals surface area contributed by atoms with Crippen molar-refractivity contribution in [3.63, 3.8) is 0 Å². The molecule has 1 aliphatic rings. The molecule has 1 saturated carbocycles. The van der Waals surface area contributed by atoms with E-state index in [1.807, 2.05) is 12.1 Å². The Hall–Kier alpha value is -1.06. The first-order valence-electron chi connectivity index (χ1n) is 9.09. The van der Waals surface area contributed by atoms with Crippen LogP contribution in [0.5, 0.6) is 5.75 Å². The van der Waals surface area contributed by atoms with E-state index in [9.17, 15) is 5.11 Å². The Kier molecular flexibility index (Phi) is 6.49. The summed E-state index contributed by atoms with van der Waals surface area (Å²) in [6.45, 7) is 7.49. The lowest BCUT2D eigenvalue weighted by Gasteiger charge is -2.35. The molecule has 1 fully saturated rings. The lowest BCUT2D eigenvalue weighted by atomic mass is 9.97. The van der Waals surface area contributed by atoms with Crippen LogP contribution in [0.4, 0.5) is 0 Å². The monoisotopic (exact) mass is 319 g/mol. The summed E-state index contributed by atoms with van der Waals surface area (Å²) in [5.74, 6) is 1.46. The normalized spacial score (nSPS) is 17.7. The predicted molar refractivity (Wildman–Crippen MR) is 95.9 cm³/mol. The zero-order chi connectivity index (χ0) is 16.9. The van der Waals surface area contributed by atoms with Crippen molar-refractivity contribution in [3.8, 4) is 5.75 Å². The van der Waals surface area contributed by atoms with E-state index >= 15 is 0 Å². The van der Waals surface area contributed by atoms with Crippen LogP contribution in [-0.4, -0.2) is 35.4 Å². The summed E-state index contributed by atoms with van der Waals surface area (Å²) in [5.41, 5.74) is 1.42. The van der Waals surface area contributed by atoms with Gasteiger partial charge in [-0.05, 0) is 57.7 Å². The summed E-state index contributed by atoms with van der Waals surface area (Å²) in [5, 5.41) is 10.3. The molecule has 1 N–H and O–H groups in total. The fourth-order valence-corrected chi connectivity index (χ4v) is 3.24. The van der Waals surface area contributed by atoms with Crippen LogP contribution in [0, 0.1) is 0 Å². The van der Waals surface area contributed by atoms with E-state index in [0.717, 1.165) is 18.7 Å². The average molecular weight is 319 g/mol. The summed E-state index contributed by atoms with van der Waals surface area (Å²) in [4.78, 5) is 2.29. The molecule has 0 amide bonds. The number of hydrogen-bond donors (Lipinski definition) is 1. The molecule has 0 heterocycles. The van der Waals surface area contributed by atoms with Gasteiger partial charge < -0.3 is 14.7 Å². The zero-order valence-corrected chi connectivity index (χ0v) is 15.2. The summed E-state index contributed by atoms with van der Waals surface area (Å²) >= 11 is 0. The van der Waals surface area contributed by atoms with Crippen LogP contribution >= 0.6 is 0 Å². The van der Waals surface area contributed by atoms with Crippen molar-refractivity contribution < 1.29 is 9.84 Å². The number of nitrogens with zero attached hydrogens (tertiary/aromatic N) is 1. The van der Waals surface area contributed by atoms with Crippen LogP contribution in [0.1, 0.15) is 70.8 Å². The molecule has 1 unspecified atom stereocenters. The van der Waals surface area contributed by atoms with E-state index in [-0.39, 0.29) is 5.54 Å². The highest BCUT2D eigenvalue weighted by atomic mass is 16.6. The number of benzene rings is 1. The minimum atomic E-state index is -0.743. The quantitative estimate of drug-likeness (QED) is 0.713. The average Bonchev–Trinajstić information content (AvgIpc) is 3.07. The first-order valence-corrected chi connectivity index (χ1v) is 9.09. The Morgan fingerprint density at radius 3 is 2.57 bits per heavy atom. The molecule has 0 bridgehead atoms. The van der Waals surface area contributed by atoms with Gasteiger partial charge in [0.2, 0.25) is 0 Å². The largest absolute Gasteiger partial charge is 0.465 e. The fraction of sp³-hybridized carbons (Fsp3) is 0.700. The van der Waals surface area contributed by atoms with Crippen molar-refractivity contribution in [3.05, 3.63) is 29.8 Å². The Morgan fingerprint density at radius 1 is 1.26 bits per heavy atom. The van der Waals surface area contributed by atoms with Gasteiger partial charge in [0.15, 0.2) is 6.29 Å². The SMILES string of the molecule is CCC(C)(C)N(C)CCC(O)Oc1ccccc1C1CCCC1. The lowest BCUT2D eigenvalue weighted by Crippen LogP contribution is -2.42. The molecule has 0 aromatic heterocycles. The van der Waals surface area contributed by atoms with Gasteiger partial charge in [-0.1, -0.05) is 38.0 Å². The number of hydrogen-bond acceptors (Lipinski definition) is 3. The van der Waals surface area contributed by atoms with Crippen LogP contribution in [-0.2, 0) is 0 Å². The van der Waals surface area contributed by atoms with Crippen molar-refractivity contribution in [2.75, 3.05) is 13.6 Å². The van der Waals surface area contributed by atoms with Crippen molar-refractivity contribution in [1.29, 1.82) is 0 Å². The molecule has 130 valence electrons. The molecule has 0 saturated heterocycles. The summed E-state index contributed by atoms with van der Waals surface area (Å²) in [6, 6.07) is 8.22. The smallest absolute Gasteiger partial charge is 0.198 e. The second kappa shape index (κ2) is 8.16. The van der Waals surface area contributed by atoms with E-state index in [4.69, 9.17) is 4.74 Å². The molecule has 1 aromatic rings. The van der Waals surface area contributed by atoms with E-state index in [1.165, 1.54) is 31.2 Å². The maximum Gasteiger partial charge on any atom is 0.198 e. The molecular weight excluding hydrogens is 286 g/mol. The zero-order valence-electron chi connectivity index (χ0n) is 15.2. The molecule has 0 radical (unpaired) electrons. The second-order valence-electron chi connectivity index (χ2n) is 7.47. The number of aliphatic hydroxyl groups is 1. The first kappa shape index (κ1) is 18.3. The first-order chi connectivity index (χ1) is 10.9. The molecular formula is C20H33NO2. The van der Waals surface area contributed by atoms with Gasteiger partial charge in [0.05, 0.1) is 0 Å². The van der Waals surface area contributed by atoms with Crippen molar-refractivity contribution in [1.82, 2.24) is 4.90 Å². The van der Waals surface area contributed by atoms with Gasteiger partial charge in [-0.15, -0.1) is 0 Å². The van der Waals surface area contributed by atoms with Crippen molar-refractivity contribution in [2.24, 2.45) is 0 Å². The maximum atomic E-state index is 10.3. The number of para-hydroxylation sites is 1. The Balaban J connectivity index is 1.91. The number of rotatable bonds is 8. The molecule has 3 heteroatoms. The van der Waals surface area contributed by atoms with Gasteiger partial charge in [0.25, 0.3) is 0 Å². The maximum absolute atomic E-state index is 10.3. The highest BCUT2D eigenvalue weighted by Crippen LogP contribution is 2.38. The van der Waals surface area contributed by atoms with Crippen molar-refractivity contribution >= 4 is 0 Å². The van der Waals surface area contributed by atoms with Gasteiger partial charge in [-0.3, -0.25) is 0 Å². The molecule has 0 spiro atoms. The van der Waals surface area contributed by atoms with Crippen LogP contribution in [0.25, 0.3) is 0 Å². The van der Waals surface area contributed by atoms with E-state index in [2.05, 4.69) is 44.9 Å². The second-order valence-corrected chi connectivity index (χ2v) is 7.47. The van der Waals surface area contributed by atoms with Gasteiger partial charge in [-0.25, -0.2) is 0 Å². The third kappa shape index (κ3) is 4.95. The highest BCUT2D eigenvalue weighted by molar-refractivity contribution is 5.36. The topological polar surface area (TPSA) is 32.7 Å². The fourth-order valence-electron chi connectivity index (χ4n) is 3.24. The molecule has 3 nitrogen and oxygen atoms in total. The van der Waals surface area contributed by atoms with Crippen LogP contribution < -0.4 is 4.74 Å². The third-order valence-corrected chi connectivity index (χ3v) is 5.59. The van der Waals surface area contributed by atoms with Gasteiger partial charge in [0, 0.05) is 18.5 Å². The highest BCUT2D eigenvalue weighted by Gasteiger charge is 2.23. The summed E-state index contributed by atoms with van der Waals surface area (Å²) in [7, 11) is 2.11. The summed E-state index contributed by atoms with van der Waals surface area (Å²) in [6.07, 6.45) is 6.06. The van der Waals surface area contributed by atoms with Gasteiger partial charge in [0.1, 0.15) is 5.75 Å². The minimum absolute atomic E-state index is 0.154. The predicted octanol–water partition coefficient (Wildman–Crippen LogP) is 4.55. The van der Waals surface area contributed by atoms with Crippen molar-refractivity contribution in [2.45, 2.75) is 77.0 Å². The van der Waals surface area contributed by atoms with Crippen LogP contribution in [0.3, 0.4) is 0 Å². The Bertz CT molecular complexity index is 480. The summed E-state index contributed by atoms with van der Waals surface area (Å²) < 4.78 is 5.88. The number of aliphatic hydroxyl groups excluding tert-OH is 1. The van der Waals surface area contributed by atoms with Crippen LogP contribution in [0.2, 0.25) is 0 Å². The Morgan fingerprint density at radius 2 is 1.91 bits per heavy atom. The minimum Gasteiger partial charge on any atom is -0.465 e. The standard InChI is InChI=1S/C20H33NO2/c1-5-20(2,3)21(4)15-14-19(22)23-18-13-9-8-12-17(18)16-10-6-7-11-16/h8-9,12-13,16,19,22H,5-7,10-11,14-15H2,1-4H3. The van der Waals surface area contributed by atoms with Crippen LogP contribution in [0.15, 0.2) is 24.3 Å².